The quantitative estimate of drug-likeness (QED) is 0.539. The maximum Gasteiger partial charge on any atom is 0.328 e. The van der Waals surface area contributed by atoms with Crippen LogP contribution in [-0.4, -0.2) is 28.9 Å². The summed E-state index contributed by atoms with van der Waals surface area (Å²) in [4.78, 5) is 29.0. The summed E-state index contributed by atoms with van der Waals surface area (Å²) in [6.07, 6.45) is 5.31. The van der Waals surface area contributed by atoms with E-state index in [0.717, 1.165) is 16.9 Å². The second-order valence-electron chi connectivity index (χ2n) is 6.39. The first-order valence-corrected chi connectivity index (χ1v) is 8.67. The van der Waals surface area contributed by atoms with Crippen LogP contribution in [0.1, 0.15) is 18.5 Å². The number of aromatic amines is 1. The predicted molar refractivity (Wildman–Crippen MR) is 103 cm³/mol. The van der Waals surface area contributed by atoms with Gasteiger partial charge >= 0.3 is 5.69 Å². The van der Waals surface area contributed by atoms with Gasteiger partial charge in [-0.2, -0.15) is 0 Å². The molecular weight excluding hydrogens is 340 g/mol. The van der Waals surface area contributed by atoms with Crippen molar-refractivity contribution < 1.29 is 0 Å². The number of benzene rings is 1. The maximum absolute atomic E-state index is 12.6. The number of hydrogen-bond acceptors (Lipinski definition) is 4. The molecule has 7 heteroatoms. The third kappa shape index (κ3) is 2.43. The fraction of sp³-hybridized carbons (Fsp3) is 0.100. The van der Waals surface area contributed by atoms with Gasteiger partial charge in [-0.3, -0.25) is 8.97 Å². The van der Waals surface area contributed by atoms with E-state index >= 15 is 0 Å². The molecule has 0 saturated carbocycles. The summed E-state index contributed by atoms with van der Waals surface area (Å²) in [6, 6.07) is 15.5. The van der Waals surface area contributed by atoms with Crippen LogP contribution in [-0.2, 0) is 0 Å². The Morgan fingerprint density at radius 3 is 2.67 bits per heavy atom. The van der Waals surface area contributed by atoms with Crippen molar-refractivity contribution in [2.24, 2.45) is 0 Å². The summed E-state index contributed by atoms with van der Waals surface area (Å²) in [5.74, 6) is 0.522. The molecule has 0 saturated heterocycles. The second kappa shape index (κ2) is 5.91. The molecule has 1 aromatic carbocycles. The smallest absolute Gasteiger partial charge is 0.303 e. The Labute approximate surface area is 154 Å². The average molecular weight is 356 g/mol. The zero-order valence-electron chi connectivity index (χ0n) is 14.6. The monoisotopic (exact) mass is 356 g/mol. The normalized spacial score (nSPS) is 12.6. The van der Waals surface area contributed by atoms with Gasteiger partial charge in [0.25, 0.3) is 0 Å². The van der Waals surface area contributed by atoms with Gasteiger partial charge in [-0.1, -0.05) is 36.4 Å². The molecule has 27 heavy (non-hydrogen) atoms. The lowest BCUT2D eigenvalue weighted by molar-refractivity contribution is 0.630. The molecule has 5 aromatic rings. The highest BCUT2D eigenvalue weighted by Crippen LogP contribution is 2.22. The van der Waals surface area contributed by atoms with Crippen molar-refractivity contribution in [3.63, 3.8) is 0 Å². The molecule has 0 spiro atoms. The van der Waals surface area contributed by atoms with E-state index in [1.807, 2.05) is 66.1 Å². The molecule has 0 unspecified atom stereocenters. The van der Waals surface area contributed by atoms with Crippen molar-refractivity contribution in [1.82, 2.24) is 28.9 Å². The number of H-pyrrole nitrogens is 1. The van der Waals surface area contributed by atoms with Crippen LogP contribution in [0.2, 0.25) is 0 Å². The minimum absolute atomic E-state index is 0.155. The summed E-state index contributed by atoms with van der Waals surface area (Å²) in [5.41, 5.74) is 3.62. The molecular formula is C20H16N6O. The van der Waals surface area contributed by atoms with Gasteiger partial charge in [0.05, 0.1) is 18.4 Å². The van der Waals surface area contributed by atoms with Crippen LogP contribution in [0.5, 0.6) is 0 Å². The molecule has 1 N–H and O–H groups in total. The van der Waals surface area contributed by atoms with Gasteiger partial charge in [0.1, 0.15) is 16.9 Å². The molecule has 0 aliphatic heterocycles. The summed E-state index contributed by atoms with van der Waals surface area (Å²) >= 11 is 0. The molecule has 4 aromatic heterocycles. The van der Waals surface area contributed by atoms with Gasteiger partial charge in [0.15, 0.2) is 11.5 Å². The summed E-state index contributed by atoms with van der Waals surface area (Å²) < 4.78 is 3.59. The SMILES string of the molecule is C[C@@H](c1ccccc1)n1c(=O)[nH]c2cnc(-c3cnc4ccccn34)nc21. The molecule has 0 aliphatic rings. The zero-order valence-corrected chi connectivity index (χ0v) is 14.6. The summed E-state index contributed by atoms with van der Waals surface area (Å²) in [7, 11) is 0. The fourth-order valence-corrected chi connectivity index (χ4v) is 3.38. The highest BCUT2D eigenvalue weighted by atomic mass is 16.1. The summed E-state index contributed by atoms with van der Waals surface area (Å²) in [5, 5.41) is 0. The molecule has 0 radical (unpaired) electrons. The number of nitrogens with zero attached hydrogens (tertiary/aromatic N) is 5. The van der Waals surface area contributed by atoms with Gasteiger partial charge in [-0.15, -0.1) is 0 Å². The van der Waals surface area contributed by atoms with E-state index in [1.54, 1.807) is 17.0 Å². The number of rotatable bonds is 3. The van der Waals surface area contributed by atoms with Crippen LogP contribution in [0.25, 0.3) is 28.3 Å². The first-order chi connectivity index (χ1) is 13.2. The van der Waals surface area contributed by atoms with Gasteiger partial charge in [-0.05, 0) is 24.6 Å². The van der Waals surface area contributed by atoms with Crippen LogP contribution >= 0.6 is 0 Å². The number of fused-ring (bicyclic) bond motifs is 2. The Hall–Kier alpha value is -3.74. The lowest BCUT2D eigenvalue weighted by Crippen LogP contribution is -2.21. The molecule has 0 bridgehead atoms. The molecule has 4 heterocycles. The average Bonchev–Trinajstić information content (AvgIpc) is 3.28. The predicted octanol–water partition coefficient (Wildman–Crippen LogP) is 3.04. The summed E-state index contributed by atoms with van der Waals surface area (Å²) in [6.45, 7) is 1.99. The Kier molecular flexibility index (Phi) is 3.39. The van der Waals surface area contributed by atoms with E-state index < -0.39 is 0 Å². The maximum atomic E-state index is 12.6. The second-order valence-corrected chi connectivity index (χ2v) is 6.39. The third-order valence-corrected chi connectivity index (χ3v) is 4.77. The van der Waals surface area contributed by atoms with E-state index in [9.17, 15) is 4.79 Å². The highest BCUT2D eigenvalue weighted by Gasteiger charge is 2.18. The molecule has 5 rings (SSSR count). The van der Waals surface area contributed by atoms with Crippen molar-refractivity contribution in [2.45, 2.75) is 13.0 Å². The van der Waals surface area contributed by atoms with Crippen molar-refractivity contribution in [1.29, 1.82) is 0 Å². The van der Waals surface area contributed by atoms with Crippen LogP contribution in [0.3, 0.4) is 0 Å². The van der Waals surface area contributed by atoms with Gasteiger partial charge in [-0.25, -0.2) is 19.7 Å². The van der Waals surface area contributed by atoms with E-state index in [1.165, 1.54) is 0 Å². The van der Waals surface area contributed by atoms with Gasteiger partial charge in [0, 0.05) is 6.20 Å². The standard InChI is InChI=1S/C20H16N6O/c1-13(14-7-3-2-4-8-14)26-19-15(23-20(26)27)11-22-18(24-19)16-12-21-17-9-5-6-10-25(16)17/h2-13H,1H3,(H,23,27)/t13-/m0/s1. The first-order valence-electron chi connectivity index (χ1n) is 8.67. The minimum Gasteiger partial charge on any atom is -0.303 e. The molecule has 0 amide bonds. The minimum atomic E-state index is -0.203. The largest absolute Gasteiger partial charge is 0.328 e. The Morgan fingerprint density at radius 1 is 1.00 bits per heavy atom. The number of aromatic nitrogens is 6. The van der Waals surface area contributed by atoms with Crippen molar-refractivity contribution in [3.8, 4) is 11.5 Å². The third-order valence-electron chi connectivity index (χ3n) is 4.77. The lowest BCUT2D eigenvalue weighted by Gasteiger charge is -2.13. The van der Waals surface area contributed by atoms with Crippen LogP contribution in [0.4, 0.5) is 0 Å². The topological polar surface area (TPSA) is 80.9 Å². The van der Waals surface area contributed by atoms with Crippen molar-refractivity contribution in [2.75, 3.05) is 0 Å². The lowest BCUT2D eigenvalue weighted by atomic mass is 10.1. The van der Waals surface area contributed by atoms with E-state index in [2.05, 4.69) is 15.0 Å². The molecule has 1 atom stereocenters. The Bertz CT molecular complexity index is 1310. The number of pyridine rings is 1. The fourth-order valence-electron chi connectivity index (χ4n) is 3.38. The molecule has 7 nitrogen and oxygen atoms in total. The van der Waals surface area contributed by atoms with Crippen LogP contribution < -0.4 is 5.69 Å². The molecule has 132 valence electrons. The number of hydrogen-bond donors (Lipinski definition) is 1. The van der Waals surface area contributed by atoms with E-state index in [-0.39, 0.29) is 11.7 Å². The van der Waals surface area contributed by atoms with E-state index in [0.29, 0.717) is 17.0 Å². The molecule has 0 fully saturated rings. The Balaban J connectivity index is 1.71. The van der Waals surface area contributed by atoms with Crippen molar-refractivity contribution >= 4 is 16.8 Å². The van der Waals surface area contributed by atoms with Crippen LogP contribution in [0.15, 0.2) is 71.9 Å². The first kappa shape index (κ1) is 15.5. The Morgan fingerprint density at radius 2 is 1.81 bits per heavy atom. The van der Waals surface area contributed by atoms with Gasteiger partial charge in [0.2, 0.25) is 0 Å². The highest BCUT2D eigenvalue weighted by molar-refractivity contribution is 5.73. The van der Waals surface area contributed by atoms with Crippen molar-refractivity contribution in [3.05, 3.63) is 83.2 Å². The molecule has 0 aliphatic carbocycles. The number of imidazole rings is 2. The van der Waals surface area contributed by atoms with E-state index in [4.69, 9.17) is 4.98 Å². The zero-order chi connectivity index (χ0) is 18.4. The number of nitrogens with one attached hydrogen (secondary N) is 1. The van der Waals surface area contributed by atoms with Crippen LogP contribution in [0, 0.1) is 0 Å². The van der Waals surface area contributed by atoms with Gasteiger partial charge < -0.3 is 4.98 Å².